The molecule has 116 valence electrons. The van der Waals surface area contributed by atoms with Crippen LogP contribution in [0.25, 0.3) is 0 Å². The van der Waals surface area contributed by atoms with Crippen LogP contribution in [0.3, 0.4) is 0 Å². The number of aryl methyl sites for hydroxylation is 1. The van der Waals surface area contributed by atoms with E-state index < -0.39 is 0 Å². The maximum absolute atomic E-state index is 11.9. The molecule has 1 aliphatic rings. The summed E-state index contributed by atoms with van der Waals surface area (Å²) in [5, 5.41) is 2.88. The third kappa shape index (κ3) is 4.70. The third-order valence-electron chi connectivity index (χ3n) is 4.18. The van der Waals surface area contributed by atoms with E-state index >= 15 is 0 Å². The Morgan fingerprint density at radius 3 is 2.76 bits per heavy atom. The summed E-state index contributed by atoms with van der Waals surface area (Å²) in [7, 11) is 1.67. The van der Waals surface area contributed by atoms with Gasteiger partial charge in [0.05, 0.1) is 0 Å². The van der Waals surface area contributed by atoms with Crippen molar-refractivity contribution in [2.75, 3.05) is 26.2 Å². The molecule has 1 saturated heterocycles. The van der Waals surface area contributed by atoms with Gasteiger partial charge in [0.2, 0.25) is 0 Å². The van der Waals surface area contributed by atoms with E-state index in [2.05, 4.69) is 17.1 Å². The Morgan fingerprint density at radius 2 is 2.10 bits per heavy atom. The van der Waals surface area contributed by atoms with E-state index in [0.717, 1.165) is 18.9 Å². The number of piperidine rings is 1. The summed E-state index contributed by atoms with van der Waals surface area (Å²) in [6.07, 6.45) is 5.12. The summed E-state index contributed by atoms with van der Waals surface area (Å²) >= 11 is 0. The summed E-state index contributed by atoms with van der Waals surface area (Å²) < 4.78 is 1.45. The summed E-state index contributed by atoms with van der Waals surface area (Å²) in [4.78, 5) is 25.9. The number of hydrogen-bond donors (Lipinski definition) is 1. The largest absolute Gasteiger partial charge is 0.352 e. The number of carbonyl (C=O) groups is 1. The lowest BCUT2D eigenvalue weighted by Gasteiger charge is -2.30. The molecule has 0 atom stereocenters. The Bertz CT molecular complexity index is 531. The monoisotopic (exact) mass is 291 g/mol. The van der Waals surface area contributed by atoms with Crippen LogP contribution in [0.5, 0.6) is 0 Å². The van der Waals surface area contributed by atoms with E-state index in [4.69, 9.17) is 0 Å². The zero-order chi connectivity index (χ0) is 15.2. The second kappa shape index (κ2) is 7.41. The number of nitrogens with one attached hydrogen (secondary N) is 1. The normalized spacial score (nSPS) is 16.9. The standard InChI is InChI=1S/C16H25N3O2/c1-13-4-10-19(11-5-13)8-3-7-17-16(21)14-6-9-18(2)15(20)12-14/h6,9,12-13H,3-5,7-8,10-11H2,1-2H3,(H,17,21). The highest BCUT2D eigenvalue weighted by Crippen LogP contribution is 2.15. The molecule has 0 aromatic carbocycles. The van der Waals surface area contributed by atoms with Gasteiger partial charge in [-0.05, 0) is 50.9 Å². The molecule has 1 aromatic heterocycles. The Morgan fingerprint density at radius 1 is 1.38 bits per heavy atom. The third-order valence-corrected chi connectivity index (χ3v) is 4.18. The Labute approximate surface area is 126 Å². The predicted molar refractivity (Wildman–Crippen MR) is 83.5 cm³/mol. The van der Waals surface area contributed by atoms with Crippen LogP contribution in [0.4, 0.5) is 0 Å². The molecule has 2 heterocycles. The molecule has 21 heavy (non-hydrogen) atoms. The molecule has 2 rings (SSSR count). The van der Waals surface area contributed by atoms with Crippen LogP contribution in [0.15, 0.2) is 23.1 Å². The van der Waals surface area contributed by atoms with Gasteiger partial charge >= 0.3 is 0 Å². The average Bonchev–Trinajstić information content (AvgIpc) is 2.48. The molecular weight excluding hydrogens is 266 g/mol. The number of nitrogens with zero attached hydrogens (tertiary/aromatic N) is 2. The molecule has 1 amide bonds. The van der Waals surface area contributed by atoms with Gasteiger partial charge in [0, 0.05) is 31.4 Å². The molecule has 1 aliphatic heterocycles. The van der Waals surface area contributed by atoms with Crippen LogP contribution in [0.2, 0.25) is 0 Å². The van der Waals surface area contributed by atoms with E-state index in [1.807, 2.05) is 0 Å². The summed E-state index contributed by atoms with van der Waals surface area (Å²) in [6.45, 7) is 6.33. The number of likely N-dealkylation sites (tertiary alicyclic amines) is 1. The molecule has 0 radical (unpaired) electrons. The lowest BCUT2D eigenvalue weighted by atomic mass is 9.99. The van der Waals surface area contributed by atoms with Crippen LogP contribution < -0.4 is 10.9 Å². The maximum Gasteiger partial charge on any atom is 0.251 e. The quantitative estimate of drug-likeness (QED) is 0.830. The SMILES string of the molecule is CC1CCN(CCCNC(=O)c2ccn(C)c(=O)c2)CC1. The lowest BCUT2D eigenvalue weighted by Crippen LogP contribution is -2.35. The van der Waals surface area contributed by atoms with E-state index in [-0.39, 0.29) is 11.5 Å². The van der Waals surface area contributed by atoms with Gasteiger partial charge < -0.3 is 14.8 Å². The molecular formula is C16H25N3O2. The van der Waals surface area contributed by atoms with Crippen molar-refractivity contribution in [1.29, 1.82) is 0 Å². The average molecular weight is 291 g/mol. The topological polar surface area (TPSA) is 54.3 Å². The van der Waals surface area contributed by atoms with E-state index in [9.17, 15) is 9.59 Å². The van der Waals surface area contributed by atoms with Crippen molar-refractivity contribution < 1.29 is 4.79 Å². The first-order chi connectivity index (χ1) is 10.1. The summed E-state index contributed by atoms with van der Waals surface area (Å²) in [6, 6.07) is 3.05. The predicted octanol–water partition coefficient (Wildman–Crippen LogP) is 1.24. The second-order valence-corrected chi connectivity index (χ2v) is 6.00. The van der Waals surface area contributed by atoms with Gasteiger partial charge in [-0.25, -0.2) is 0 Å². The van der Waals surface area contributed by atoms with Gasteiger partial charge in [-0.1, -0.05) is 6.92 Å². The van der Waals surface area contributed by atoms with Crippen molar-refractivity contribution in [2.24, 2.45) is 13.0 Å². The van der Waals surface area contributed by atoms with Gasteiger partial charge in [0.25, 0.3) is 11.5 Å². The Balaban J connectivity index is 1.69. The summed E-state index contributed by atoms with van der Waals surface area (Å²) in [5.41, 5.74) is 0.273. The smallest absolute Gasteiger partial charge is 0.251 e. The fraction of sp³-hybridized carbons (Fsp3) is 0.625. The molecule has 0 unspecified atom stereocenters. The second-order valence-electron chi connectivity index (χ2n) is 6.00. The van der Waals surface area contributed by atoms with Crippen molar-refractivity contribution in [3.63, 3.8) is 0 Å². The van der Waals surface area contributed by atoms with Gasteiger partial charge in [-0.2, -0.15) is 0 Å². The highest BCUT2D eigenvalue weighted by atomic mass is 16.2. The molecule has 1 aromatic rings. The molecule has 1 N–H and O–H groups in total. The van der Waals surface area contributed by atoms with Gasteiger partial charge in [0.15, 0.2) is 0 Å². The minimum atomic E-state index is -0.167. The molecule has 0 spiro atoms. The minimum Gasteiger partial charge on any atom is -0.352 e. The Hall–Kier alpha value is -1.62. The van der Waals surface area contributed by atoms with Crippen molar-refractivity contribution in [3.05, 3.63) is 34.2 Å². The first kappa shape index (κ1) is 15.8. The summed E-state index contributed by atoms with van der Waals surface area (Å²) in [5.74, 6) is 0.682. The number of amides is 1. The van der Waals surface area contributed by atoms with Crippen LogP contribution >= 0.6 is 0 Å². The molecule has 0 aliphatic carbocycles. The zero-order valence-corrected chi connectivity index (χ0v) is 13.0. The van der Waals surface area contributed by atoms with Crippen molar-refractivity contribution in [3.8, 4) is 0 Å². The van der Waals surface area contributed by atoms with Crippen LogP contribution in [0, 0.1) is 5.92 Å². The van der Waals surface area contributed by atoms with E-state index in [0.29, 0.717) is 12.1 Å². The lowest BCUT2D eigenvalue weighted by molar-refractivity contribution is 0.0950. The van der Waals surface area contributed by atoms with Crippen molar-refractivity contribution in [1.82, 2.24) is 14.8 Å². The first-order valence-electron chi connectivity index (χ1n) is 7.73. The molecule has 1 fully saturated rings. The Kier molecular flexibility index (Phi) is 5.56. The van der Waals surface area contributed by atoms with E-state index in [1.54, 1.807) is 19.3 Å². The highest BCUT2D eigenvalue weighted by Gasteiger charge is 2.15. The highest BCUT2D eigenvalue weighted by molar-refractivity contribution is 5.93. The van der Waals surface area contributed by atoms with Gasteiger partial charge in [0.1, 0.15) is 0 Å². The number of aromatic nitrogens is 1. The van der Waals surface area contributed by atoms with Gasteiger partial charge in [-0.15, -0.1) is 0 Å². The van der Waals surface area contributed by atoms with Crippen LogP contribution in [-0.4, -0.2) is 41.6 Å². The maximum atomic E-state index is 11.9. The fourth-order valence-electron chi connectivity index (χ4n) is 2.58. The number of carbonyl (C=O) groups excluding carboxylic acids is 1. The number of hydrogen-bond acceptors (Lipinski definition) is 3. The fourth-order valence-corrected chi connectivity index (χ4v) is 2.58. The number of rotatable bonds is 5. The van der Waals surface area contributed by atoms with Crippen molar-refractivity contribution >= 4 is 5.91 Å². The zero-order valence-electron chi connectivity index (χ0n) is 13.0. The van der Waals surface area contributed by atoms with Crippen LogP contribution in [0.1, 0.15) is 36.5 Å². The first-order valence-corrected chi connectivity index (χ1v) is 7.73. The number of pyridine rings is 1. The van der Waals surface area contributed by atoms with E-state index in [1.165, 1.54) is 36.6 Å². The minimum absolute atomic E-state index is 0.162. The molecule has 5 heteroatoms. The van der Waals surface area contributed by atoms with Crippen molar-refractivity contribution in [2.45, 2.75) is 26.2 Å². The molecule has 0 bridgehead atoms. The van der Waals surface area contributed by atoms with Crippen LogP contribution in [-0.2, 0) is 7.05 Å². The molecule has 0 saturated carbocycles. The van der Waals surface area contributed by atoms with Gasteiger partial charge in [-0.3, -0.25) is 9.59 Å². The molecule has 5 nitrogen and oxygen atoms in total.